The number of thiocarbonyl (C=S) groups is 1. The second-order valence-electron chi connectivity index (χ2n) is 7.41. The third kappa shape index (κ3) is 3.77. The molecule has 0 bridgehead atoms. The summed E-state index contributed by atoms with van der Waals surface area (Å²) in [6.07, 6.45) is 3.79. The normalized spacial score (nSPS) is 18.1. The Morgan fingerprint density at radius 3 is 2.69 bits per heavy atom. The molecule has 2 aromatic carbocycles. The quantitative estimate of drug-likeness (QED) is 0.312. The number of phenols is 1. The molecule has 0 spiro atoms. The monoisotopic (exact) mass is 524 g/mol. The van der Waals surface area contributed by atoms with Gasteiger partial charge in [-0.25, -0.2) is 0 Å². The summed E-state index contributed by atoms with van der Waals surface area (Å²) in [6, 6.07) is 22.4. The van der Waals surface area contributed by atoms with E-state index >= 15 is 0 Å². The first-order chi connectivity index (χ1) is 15.5. The van der Waals surface area contributed by atoms with E-state index in [1.165, 1.54) is 0 Å². The highest BCUT2D eigenvalue weighted by atomic mass is 79.9. The van der Waals surface area contributed by atoms with Crippen molar-refractivity contribution in [2.24, 2.45) is 0 Å². The van der Waals surface area contributed by atoms with Crippen molar-refractivity contribution in [3.63, 3.8) is 0 Å². The van der Waals surface area contributed by atoms with Crippen molar-refractivity contribution in [2.75, 3.05) is 4.90 Å². The number of aromatic hydroxyl groups is 1. The Bertz CT molecular complexity index is 1300. The van der Waals surface area contributed by atoms with Crippen LogP contribution < -0.4 is 10.2 Å². The minimum Gasteiger partial charge on any atom is -0.506 e. The van der Waals surface area contributed by atoms with Crippen molar-refractivity contribution >= 4 is 50.5 Å². The molecule has 0 aliphatic carbocycles. The highest BCUT2D eigenvalue weighted by Gasteiger charge is 2.43. The molecular formula is C24H18BrClN4OS. The first-order valence-electron chi connectivity index (χ1n) is 9.95. The molecular weight excluding hydrogens is 508 g/mol. The Kier molecular flexibility index (Phi) is 5.63. The largest absolute Gasteiger partial charge is 0.506 e. The molecule has 2 aromatic heterocycles. The number of hydrogen-bond acceptors (Lipinski definition) is 3. The van der Waals surface area contributed by atoms with E-state index in [0.29, 0.717) is 15.8 Å². The summed E-state index contributed by atoms with van der Waals surface area (Å²) in [4.78, 5) is 6.50. The number of nitrogens with one attached hydrogen (secondary N) is 1. The molecule has 8 heteroatoms. The molecule has 0 amide bonds. The Morgan fingerprint density at radius 1 is 1.03 bits per heavy atom. The number of halogens is 2. The Labute approximate surface area is 204 Å². The predicted molar refractivity (Wildman–Crippen MR) is 135 cm³/mol. The third-order valence-electron chi connectivity index (χ3n) is 5.46. The van der Waals surface area contributed by atoms with Gasteiger partial charge in [-0.1, -0.05) is 39.7 Å². The van der Waals surface area contributed by atoms with Crippen LogP contribution in [-0.2, 0) is 0 Å². The van der Waals surface area contributed by atoms with Crippen molar-refractivity contribution in [2.45, 2.75) is 12.1 Å². The van der Waals surface area contributed by atoms with Gasteiger partial charge in [0.2, 0.25) is 0 Å². The average molecular weight is 526 g/mol. The van der Waals surface area contributed by atoms with Crippen molar-refractivity contribution in [3.8, 4) is 11.4 Å². The van der Waals surface area contributed by atoms with E-state index in [1.807, 2.05) is 53.6 Å². The van der Waals surface area contributed by atoms with Crippen LogP contribution in [0.25, 0.3) is 5.69 Å². The lowest BCUT2D eigenvalue weighted by Gasteiger charge is -2.29. The van der Waals surface area contributed by atoms with Crippen LogP contribution in [0.1, 0.15) is 23.5 Å². The maximum Gasteiger partial charge on any atom is 0.174 e. The number of rotatable bonds is 4. The fourth-order valence-electron chi connectivity index (χ4n) is 4.10. The summed E-state index contributed by atoms with van der Waals surface area (Å²) in [6.45, 7) is 0. The van der Waals surface area contributed by atoms with Gasteiger partial charge in [-0.2, -0.15) is 0 Å². The lowest BCUT2D eigenvalue weighted by atomic mass is 10.0. The van der Waals surface area contributed by atoms with Gasteiger partial charge >= 0.3 is 0 Å². The fourth-order valence-corrected chi connectivity index (χ4v) is 4.99. The molecule has 1 aliphatic heterocycles. The summed E-state index contributed by atoms with van der Waals surface area (Å²) in [5.74, 6) is 0.103. The molecule has 0 unspecified atom stereocenters. The summed E-state index contributed by atoms with van der Waals surface area (Å²) < 4.78 is 3.11. The molecule has 160 valence electrons. The van der Waals surface area contributed by atoms with Gasteiger partial charge in [0.15, 0.2) is 5.11 Å². The van der Waals surface area contributed by atoms with E-state index in [-0.39, 0.29) is 17.8 Å². The van der Waals surface area contributed by atoms with Gasteiger partial charge < -0.3 is 19.9 Å². The van der Waals surface area contributed by atoms with Gasteiger partial charge in [-0.05, 0) is 72.9 Å². The summed E-state index contributed by atoms with van der Waals surface area (Å²) in [5.41, 5.74) is 3.39. The smallest absolute Gasteiger partial charge is 0.174 e. The molecule has 2 atom stereocenters. The molecule has 0 saturated carbocycles. The van der Waals surface area contributed by atoms with E-state index in [4.69, 9.17) is 23.8 Å². The standard InChI is InChI=1S/C24H18BrClN4OS/c25-15-5-3-6-17(13-15)29-12-4-8-19(29)23-22(18-7-1-2-11-27-18)28-24(32)30(23)20-14-16(26)9-10-21(20)31/h1-14,22-23,31H,(H,28,32)/t22-,23+/m1/s1. The maximum absolute atomic E-state index is 10.7. The SMILES string of the molecule is Oc1ccc(Cl)cc1N1C(=S)N[C@H](c2ccccn2)[C@@H]1c1cccn1-c1cccc(Br)c1. The first-order valence-corrected chi connectivity index (χ1v) is 11.5. The summed E-state index contributed by atoms with van der Waals surface area (Å²) >= 11 is 15.6. The van der Waals surface area contributed by atoms with Crippen molar-refractivity contribution in [1.29, 1.82) is 0 Å². The zero-order valence-electron chi connectivity index (χ0n) is 16.7. The third-order valence-corrected chi connectivity index (χ3v) is 6.51. The summed E-state index contributed by atoms with van der Waals surface area (Å²) in [7, 11) is 0. The number of pyridine rings is 1. The van der Waals surface area contributed by atoms with Crippen LogP contribution in [0.5, 0.6) is 5.75 Å². The molecule has 1 aliphatic rings. The zero-order chi connectivity index (χ0) is 22.2. The van der Waals surface area contributed by atoms with E-state index in [2.05, 4.69) is 42.9 Å². The second kappa shape index (κ2) is 8.58. The minimum atomic E-state index is -0.282. The van der Waals surface area contributed by atoms with Crippen LogP contribution in [0.3, 0.4) is 0 Å². The van der Waals surface area contributed by atoms with E-state index in [9.17, 15) is 5.11 Å². The lowest BCUT2D eigenvalue weighted by molar-refractivity contribution is 0.472. The lowest BCUT2D eigenvalue weighted by Crippen LogP contribution is -2.30. The van der Waals surface area contributed by atoms with Crippen LogP contribution >= 0.6 is 39.7 Å². The number of nitrogens with zero attached hydrogens (tertiary/aromatic N) is 3. The van der Waals surface area contributed by atoms with E-state index in [0.717, 1.165) is 21.5 Å². The van der Waals surface area contributed by atoms with Gasteiger partial charge in [0.05, 0.1) is 17.4 Å². The van der Waals surface area contributed by atoms with Crippen LogP contribution in [0.4, 0.5) is 5.69 Å². The van der Waals surface area contributed by atoms with Crippen molar-refractivity contribution in [1.82, 2.24) is 14.9 Å². The van der Waals surface area contributed by atoms with Crippen LogP contribution in [-0.4, -0.2) is 19.8 Å². The van der Waals surface area contributed by atoms with Crippen LogP contribution in [0, 0.1) is 0 Å². The fraction of sp³-hybridized carbons (Fsp3) is 0.0833. The first kappa shape index (κ1) is 21.0. The number of benzene rings is 2. The highest BCUT2D eigenvalue weighted by molar-refractivity contribution is 9.10. The molecule has 0 radical (unpaired) electrons. The average Bonchev–Trinajstić information content (AvgIpc) is 3.40. The number of hydrogen-bond donors (Lipinski definition) is 2. The molecule has 32 heavy (non-hydrogen) atoms. The number of phenolic OH excluding ortho intramolecular Hbond substituents is 1. The molecule has 1 saturated heterocycles. The Balaban J connectivity index is 1.70. The highest BCUT2D eigenvalue weighted by Crippen LogP contribution is 2.45. The Morgan fingerprint density at radius 2 is 1.91 bits per heavy atom. The topological polar surface area (TPSA) is 53.3 Å². The van der Waals surface area contributed by atoms with Crippen molar-refractivity contribution in [3.05, 3.63) is 106 Å². The Hall–Kier alpha value is -2.87. The maximum atomic E-state index is 10.7. The molecule has 3 heterocycles. The minimum absolute atomic E-state index is 0.103. The van der Waals surface area contributed by atoms with E-state index in [1.54, 1.807) is 24.4 Å². The van der Waals surface area contributed by atoms with Crippen LogP contribution in [0.15, 0.2) is 89.7 Å². The molecule has 5 nitrogen and oxygen atoms in total. The zero-order valence-corrected chi connectivity index (χ0v) is 19.8. The number of aromatic nitrogens is 2. The molecule has 4 aromatic rings. The van der Waals surface area contributed by atoms with Gasteiger partial charge in [-0.3, -0.25) is 4.98 Å². The van der Waals surface area contributed by atoms with Gasteiger partial charge in [0, 0.05) is 33.3 Å². The summed E-state index contributed by atoms with van der Waals surface area (Å²) in [5, 5.41) is 15.1. The number of anilines is 1. The predicted octanol–water partition coefficient (Wildman–Crippen LogP) is 6.17. The van der Waals surface area contributed by atoms with E-state index < -0.39 is 0 Å². The molecule has 5 rings (SSSR count). The van der Waals surface area contributed by atoms with Gasteiger partial charge in [0.1, 0.15) is 11.8 Å². The molecule has 2 N–H and O–H groups in total. The van der Waals surface area contributed by atoms with Crippen LogP contribution in [0.2, 0.25) is 5.02 Å². The molecule has 1 fully saturated rings. The van der Waals surface area contributed by atoms with Gasteiger partial charge in [-0.15, -0.1) is 0 Å². The second-order valence-corrected chi connectivity index (χ2v) is 9.15. The van der Waals surface area contributed by atoms with Crippen molar-refractivity contribution < 1.29 is 5.11 Å². The van der Waals surface area contributed by atoms with Gasteiger partial charge in [0.25, 0.3) is 0 Å².